The van der Waals surface area contributed by atoms with Crippen molar-refractivity contribution in [3.63, 3.8) is 0 Å². The molecule has 0 aliphatic heterocycles. The van der Waals surface area contributed by atoms with E-state index in [1.54, 1.807) is 0 Å². The van der Waals surface area contributed by atoms with Crippen LogP contribution in [0.15, 0.2) is 22.7 Å². The van der Waals surface area contributed by atoms with Crippen LogP contribution < -0.4 is 10.5 Å². The van der Waals surface area contributed by atoms with Gasteiger partial charge in [0.2, 0.25) is 0 Å². The Bertz CT molecular complexity index is 593. The van der Waals surface area contributed by atoms with E-state index < -0.39 is 0 Å². The summed E-state index contributed by atoms with van der Waals surface area (Å²) in [5, 5.41) is 4.45. The van der Waals surface area contributed by atoms with E-state index in [1.165, 1.54) is 0 Å². The van der Waals surface area contributed by atoms with Crippen LogP contribution in [0.2, 0.25) is 0 Å². The molecule has 1 aromatic carbocycles. The minimum atomic E-state index is 0.472. The molecule has 0 amide bonds. The Labute approximate surface area is 121 Å². The van der Waals surface area contributed by atoms with Crippen molar-refractivity contribution in [2.45, 2.75) is 33.9 Å². The summed E-state index contributed by atoms with van der Waals surface area (Å²) in [7, 11) is 0. The molecule has 1 heterocycles. The lowest BCUT2D eigenvalue weighted by molar-refractivity contribution is 0.290. The van der Waals surface area contributed by atoms with Crippen LogP contribution in [0, 0.1) is 13.8 Å². The van der Waals surface area contributed by atoms with Crippen LogP contribution in [-0.4, -0.2) is 9.78 Å². The minimum absolute atomic E-state index is 0.472. The van der Waals surface area contributed by atoms with Crippen molar-refractivity contribution in [2.75, 3.05) is 5.73 Å². The fourth-order valence-electron chi connectivity index (χ4n) is 1.93. The van der Waals surface area contributed by atoms with E-state index in [1.807, 2.05) is 36.7 Å². The molecule has 0 bridgehead atoms. The number of benzene rings is 1. The Morgan fingerprint density at radius 3 is 2.79 bits per heavy atom. The van der Waals surface area contributed by atoms with Crippen molar-refractivity contribution < 1.29 is 4.74 Å². The molecule has 1 aromatic heterocycles. The number of nitrogens with zero attached hydrogens (tertiary/aromatic N) is 2. The summed E-state index contributed by atoms with van der Waals surface area (Å²) in [4.78, 5) is 0. The van der Waals surface area contributed by atoms with Gasteiger partial charge < -0.3 is 10.5 Å². The number of ether oxygens (including phenoxy) is 1. The predicted octanol–water partition coefficient (Wildman–Crippen LogP) is 3.44. The molecule has 0 aliphatic carbocycles. The Kier molecular flexibility index (Phi) is 4.14. The van der Waals surface area contributed by atoms with Crippen molar-refractivity contribution in [2.24, 2.45) is 0 Å². The summed E-state index contributed by atoms with van der Waals surface area (Å²) in [6.45, 7) is 7.34. The van der Waals surface area contributed by atoms with Crippen LogP contribution in [-0.2, 0) is 13.2 Å². The maximum absolute atomic E-state index is 5.87. The highest BCUT2D eigenvalue weighted by Gasteiger charge is 2.13. The lowest BCUT2D eigenvalue weighted by Gasteiger charge is -2.11. The summed E-state index contributed by atoms with van der Waals surface area (Å²) in [6, 6.07) is 5.68. The SMILES string of the molecule is CCn1nc(C)c(Br)c1COc1cc(N)ccc1C. The fourth-order valence-corrected chi connectivity index (χ4v) is 2.32. The molecule has 0 unspecified atom stereocenters. The number of hydrogen-bond donors (Lipinski definition) is 1. The molecule has 0 atom stereocenters. The molecule has 0 saturated carbocycles. The zero-order chi connectivity index (χ0) is 14.0. The van der Waals surface area contributed by atoms with Gasteiger partial charge in [-0.15, -0.1) is 0 Å². The van der Waals surface area contributed by atoms with Crippen LogP contribution in [0.5, 0.6) is 5.75 Å². The molecule has 0 aliphatic rings. The lowest BCUT2D eigenvalue weighted by Crippen LogP contribution is -2.07. The maximum Gasteiger partial charge on any atom is 0.131 e. The fraction of sp³-hybridized carbons (Fsp3) is 0.357. The Morgan fingerprint density at radius 2 is 2.11 bits per heavy atom. The van der Waals surface area contributed by atoms with E-state index in [2.05, 4.69) is 28.0 Å². The molecule has 0 saturated heterocycles. The molecule has 2 N–H and O–H groups in total. The largest absolute Gasteiger partial charge is 0.487 e. The van der Waals surface area contributed by atoms with Gasteiger partial charge in [-0.2, -0.15) is 5.10 Å². The molecule has 0 radical (unpaired) electrons. The molecule has 19 heavy (non-hydrogen) atoms. The first-order chi connectivity index (χ1) is 9.02. The highest BCUT2D eigenvalue weighted by molar-refractivity contribution is 9.10. The van der Waals surface area contributed by atoms with Gasteiger partial charge in [0.1, 0.15) is 12.4 Å². The van der Waals surface area contributed by atoms with Crippen LogP contribution in [0.25, 0.3) is 0 Å². The summed E-state index contributed by atoms with van der Waals surface area (Å²) >= 11 is 3.56. The third-order valence-corrected chi connectivity index (χ3v) is 4.06. The second-order valence-corrected chi connectivity index (χ2v) is 5.27. The third kappa shape index (κ3) is 2.92. The Hall–Kier alpha value is -1.49. The summed E-state index contributed by atoms with van der Waals surface area (Å²) in [5.74, 6) is 0.813. The summed E-state index contributed by atoms with van der Waals surface area (Å²) in [6.07, 6.45) is 0. The normalized spacial score (nSPS) is 10.7. The zero-order valence-electron chi connectivity index (χ0n) is 11.4. The van der Waals surface area contributed by atoms with Gasteiger partial charge in [0.05, 0.1) is 15.9 Å². The van der Waals surface area contributed by atoms with E-state index in [-0.39, 0.29) is 0 Å². The molecule has 2 aromatic rings. The van der Waals surface area contributed by atoms with Crippen molar-refractivity contribution in [3.8, 4) is 5.75 Å². The highest BCUT2D eigenvalue weighted by Crippen LogP contribution is 2.25. The van der Waals surface area contributed by atoms with Gasteiger partial charge in [-0.25, -0.2) is 0 Å². The minimum Gasteiger partial charge on any atom is -0.487 e. The van der Waals surface area contributed by atoms with Gasteiger partial charge in [0.25, 0.3) is 0 Å². The number of aryl methyl sites for hydroxylation is 3. The number of nitrogens with two attached hydrogens (primary N) is 1. The highest BCUT2D eigenvalue weighted by atomic mass is 79.9. The van der Waals surface area contributed by atoms with E-state index in [9.17, 15) is 0 Å². The van der Waals surface area contributed by atoms with Crippen LogP contribution in [0.4, 0.5) is 5.69 Å². The van der Waals surface area contributed by atoms with Gasteiger partial charge in [-0.1, -0.05) is 6.07 Å². The molecule has 102 valence electrons. The molecule has 2 rings (SSSR count). The standard InChI is InChI=1S/C14H18BrN3O/c1-4-18-12(14(15)10(3)17-18)8-19-13-7-11(16)6-5-9(13)2/h5-7H,4,8,16H2,1-3H3. The van der Waals surface area contributed by atoms with Crippen molar-refractivity contribution in [1.29, 1.82) is 0 Å². The maximum atomic E-state index is 5.87. The van der Waals surface area contributed by atoms with Crippen LogP contribution >= 0.6 is 15.9 Å². The first-order valence-corrected chi connectivity index (χ1v) is 7.03. The molecular formula is C14H18BrN3O. The second-order valence-electron chi connectivity index (χ2n) is 4.48. The molecular weight excluding hydrogens is 306 g/mol. The topological polar surface area (TPSA) is 53.1 Å². The number of anilines is 1. The monoisotopic (exact) mass is 323 g/mol. The molecule has 0 spiro atoms. The molecule has 5 heteroatoms. The number of rotatable bonds is 4. The summed E-state index contributed by atoms with van der Waals surface area (Å²) < 4.78 is 8.83. The molecule has 4 nitrogen and oxygen atoms in total. The van der Waals surface area contributed by atoms with Gasteiger partial charge in [0.15, 0.2) is 0 Å². The predicted molar refractivity (Wildman–Crippen MR) is 80.3 cm³/mol. The average Bonchev–Trinajstić information content (AvgIpc) is 2.66. The Morgan fingerprint density at radius 1 is 1.37 bits per heavy atom. The van der Waals surface area contributed by atoms with E-state index >= 15 is 0 Å². The number of hydrogen-bond acceptors (Lipinski definition) is 3. The van der Waals surface area contributed by atoms with E-state index in [4.69, 9.17) is 10.5 Å². The van der Waals surface area contributed by atoms with Crippen molar-refractivity contribution >= 4 is 21.6 Å². The lowest BCUT2D eigenvalue weighted by atomic mass is 10.2. The van der Waals surface area contributed by atoms with Gasteiger partial charge in [-0.3, -0.25) is 4.68 Å². The van der Waals surface area contributed by atoms with Crippen molar-refractivity contribution in [1.82, 2.24) is 9.78 Å². The second kappa shape index (κ2) is 5.65. The smallest absolute Gasteiger partial charge is 0.131 e. The summed E-state index contributed by atoms with van der Waals surface area (Å²) in [5.41, 5.74) is 9.58. The first kappa shape index (κ1) is 13.9. The van der Waals surface area contributed by atoms with Gasteiger partial charge in [0, 0.05) is 18.3 Å². The van der Waals surface area contributed by atoms with E-state index in [0.29, 0.717) is 12.3 Å². The first-order valence-electron chi connectivity index (χ1n) is 6.23. The number of halogens is 1. The number of nitrogen functional groups attached to an aromatic ring is 1. The Balaban J connectivity index is 2.21. The average molecular weight is 324 g/mol. The van der Waals surface area contributed by atoms with E-state index in [0.717, 1.165) is 33.7 Å². The van der Waals surface area contributed by atoms with Gasteiger partial charge in [-0.05, 0) is 48.3 Å². The van der Waals surface area contributed by atoms with Gasteiger partial charge >= 0.3 is 0 Å². The van der Waals surface area contributed by atoms with Crippen LogP contribution in [0.3, 0.4) is 0 Å². The quantitative estimate of drug-likeness (QED) is 0.877. The molecule has 0 fully saturated rings. The zero-order valence-corrected chi connectivity index (χ0v) is 13.0. The van der Waals surface area contributed by atoms with Crippen LogP contribution in [0.1, 0.15) is 23.9 Å². The van der Waals surface area contributed by atoms with Crippen molar-refractivity contribution in [3.05, 3.63) is 39.6 Å². The number of aromatic nitrogens is 2. The third-order valence-electron chi connectivity index (χ3n) is 3.03.